The Balaban J connectivity index is 1.58. The molecule has 0 atom stereocenters. The topological polar surface area (TPSA) is 64.4 Å². The van der Waals surface area contributed by atoms with Gasteiger partial charge in [0, 0.05) is 11.3 Å². The fourth-order valence-electron chi connectivity index (χ4n) is 2.88. The first kappa shape index (κ1) is 19.8. The Morgan fingerprint density at radius 2 is 1.83 bits per heavy atom. The van der Waals surface area contributed by atoms with Crippen molar-refractivity contribution in [3.05, 3.63) is 76.8 Å². The Kier molecular flexibility index (Phi) is 5.37. The lowest BCUT2D eigenvalue weighted by Gasteiger charge is -2.06. The van der Waals surface area contributed by atoms with E-state index in [0.29, 0.717) is 34.7 Å². The third kappa shape index (κ3) is 3.97. The van der Waals surface area contributed by atoms with Crippen molar-refractivity contribution in [2.24, 2.45) is 0 Å². The molecule has 0 saturated carbocycles. The maximum absolute atomic E-state index is 13.6. The van der Waals surface area contributed by atoms with Crippen LogP contribution in [0, 0.1) is 11.6 Å². The number of ether oxygens (including phenoxy) is 1. The van der Waals surface area contributed by atoms with Crippen LogP contribution in [0.25, 0.3) is 22.6 Å². The second kappa shape index (κ2) is 8.12. The summed E-state index contributed by atoms with van der Waals surface area (Å²) in [7, 11) is 0. The van der Waals surface area contributed by atoms with Gasteiger partial charge in [0.05, 0.1) is 17.2 Å². The van der Waals surface area contributed by atoms with Gasteiger partial charge in [-0.05, 0) is 61.5 Å². The molecule has 5 nitrogen and oxygen atoms in total. The molecule has 0 bridgehead atoms. The van der Waals surface area contributed by atoms with E-state index in [-0.39, 0.29) is 22.4 Å². The first-order valence-electron chi connectivity index (χ1n) is 9.04. The molecular formula is C22H15ClF2N2O3. The number of nitrogens with zero attached hydrogens (tertiary/aromatic N) is 1. The van der Waals surface area contributed by atoms with Crippen LogP contribution in [0.5, 0.6) is 5.75 Å². The quantitative estimate of drug-likeness (QED) is 0.391. The van der Waals surface area contributed by atoms with Crippen molar-refractivity contribution in [3.63, 3.8) is 0 Å². The average molecular weight is 429 g/mol. The Bertz CT molecular complexity index is 1240. The second-order valence-electron chi connectivity index (χ2n) is 6.36. The van der Waals surface area contributed by atoms with Crippen molar-refractivity contribution < 1.29 is 22.7 Å². The average Bonchev–Trinajstić information content (AvgIpc) is 3.14. The number of carbonyl (C=O) groups is 1. The molecule has 0 aliphatic heterocycles. The molecule has 8 heteroatoms. The predicted molar refractivity (Wildman–Crippen MR) is 110 cm³/mol. The van der Waals surface area contributed by atoms with Crippen LogP contribution >= 0.6 is 11.6 Å². The fourth-order valence-corrected chi connectivity index (χ4v) is 3.11. The summed E-state index contributed by atoms with van der Waals surface area (Å²) >= 11 is 5.99. The SMILES string of the molecule is CCOc1ccc(C(=O)Nc2ccc3oc(-c4cc(F)c(F)cc4Cl)nc3c2)cc1. The molecule has 0 spiro atoms. The van der Waals surface area contributed by atoms with Gasteiger partial charge in [-0.15, -0.1) is 0 Å². The number of amides is 1. The number of aromatic nitrogens is 1. The summed E-state index contributed by atoms with van der Waals surface area (Å²) in [6, 6.07) is 13.4. The van der Waals surface area contributed by atoms with Crippen molar-refractivity contribution in [1.82, 2.24) is 4.98 Å². The lowest BCUT2D eigenvalue weighted by atomic mass is 10.2. The van der Waals surface area contributed by atoms with E-state index in [0.717, 1.165) is 12.1 Å². The number of nitrogens with one attached hydrogen (secondary N) is 1. The fraction of sp³-hybridized carbons (Fsp3) is 0.0909. The number of anilines is 1. The van der Waals surface area contributed by atoms with Crippen molar-refractivity contribution in [3.8, 4) is 17.2 Å². The Hall–Kier alpha value is -3.45. The molecule has 4 rings (SSSR count). The Morgan fingerprint density at radius 3 is 2.57 bits per heavy atom. The zero-order valence-electron chi connectivity index (χ0n) is 15.7. The summed E-state index contributed by atoms with van der Waals surface area (Å²) in [4.78, 5) is 16.7. The standard InChI is InChI=1S/C22H15ClF2N2O3/c1-2-29-14-6-3-12(4-7-14)21(28)26-13-5-8-20-19(9-13)27-22(30-20)15-10-17(24)18(25)11-16(15)23/h3-11H,2H2,1H3,(H,26,28). The van der Waals surface area contributed by atoms with Gasteiger partial charge in [0.15, 0.2) is 17.2 Å². The van der Waals surface area contributed by atoms with Crippen LogP contribution in [0.3, 0.4) is 0 Å². The molecule has 3 aromatic carbocycles. The number of halogens is 3. The van der Waals surface area contributed by atoms with Gasteiger partial charge in [-0.3, -0.25) is 4.79 Å². The van der Waals surface area contributed by atoms with E-state index in [2.05, 4.69) is 10.3 Å². The van der Waals surface area contributed by atoms with Crippen LogP contribution in [0.1, 0.15) is 17.3 Å². The maximum Gasteiger partial charge on any atom is 0.255 e. The molecule has 0 saturated heterocycles. The second-order valence-corrected chi connectivity index (χ2v) is 6.77. The lowest BCUT2D eigenvalue weighted by molar-refractivity contribution is 0.102. The zero-order chi connectivity index (χ0) is 21.3. The number of hydrogen-bond donors (Lipinski definition) is 1. The summed E-state index contributed by atoms with van der Waals surface area (Å²) in [5.41, 5.74) is 1.93. The van der Waals surface area contributed by atoms with E-state index in [4.69, 9.17) is 20.8 Å². The van der Waals surface area contributed by atoms with E-state index in [1.807, 2.05) is 6.92 Å². The Labute approximate surface area is 175 Å². The van der Waals surface area contributed by atoms with Gasteiger partial charge < -0.3 is 14.5 Å². The molecule has 4 aromatic rings. The van der Waals surface area contributed by atoms with E-state index in [1.54, 1.807) is 42.5 Å². The normalized spacial score (nSPS) is 10.9. The van der Waals surface area contributed by atoms with Gasteiger partial charge in [0.1, 0.15) is 11.3 Å². The van der Waals surface area contributed by atoms with Crippen molar-refractivity contribution >= 4 is 34.3 Å². The van der Waals surface area contributed by atoms with Gasteiger partial charge in [-0.1, -0.05) is 11.6 Å². The predicted octanol–water partition coefficient (Wildman–Crippen LogP) is 6.08. The van der Waals surface area contributed by atoms with E-state index < -0.39 is 11.6 Å². The largest absolute Gasteiger partial charge is 0.494 e. The van der Waals surface area contributed by atoms with Gasteiger partial charge >= 0.3 is 0 Å². The van der Waals surface area contributed by atoms with Crippen LogP contribution < -0.4 is 10.1 Å². The number of fused-ring (bicyclic) bond motifs is 1. The molecule has 1 N–H and O–H groups in total. The molecule has 0 aliphatic carbocycles. The third-order valence-corrected chi connectivity index (χ3v) is 4.63. The first-order valence-corrected chi connectivity index (χ1v) is 9.42. The minimum atomic E-state index is -1.06. The van der Waals surface area contributed by atoms with E-state index in [1.165, 1.54) is 0 Å². The van der Waals surface area contributed by atoms with Gasteiger partial charge in [0.2, 0.25) is 5.89 Å². The third-order valence-electron chi connectivity index (χ3n) is 4.31. The molecule has 0 radical (unpaired) electrons. The van der Waals surface area contributed by atoms with E-state index >= 15 is 0 Å². The minimum Gasteiger partial charge on any atom is -0.494 e. The molecule has 30 heavy (non-hydrogen) atoms. The molecule has 1 amide bonds. The summed E-state index contributed by atoms with van der Waals surface area (Å²) in [5.74, 6) is -1.69. The van der Waals surface area contributed by atoms with Gasteiger partial charge in [-0.25, -0.2) is 13.8 Å². The van der Waals surface area contributed by atoms with E-state index in [9.17, 15) is 13.6 Å². The van der Waals surface area contributed by atoms with Crippen LogP contribution in [-0.2, 0) is 0 Å². The maximum atomic E-state index is 13.6. The number of benzene rings is 3. The Morgan fingerprint density at radius 1 is 1.10 bits per heavy atom. The summed E-state index contributed by atoms with van der Waals surface area (Å²) in [5, 5.41) is 2.76. The van der Waals surface area contributed by atoms with Crippen LogP contribution in [0.2, 0.25) is 5.02 Å². The molecule has 152 valence electrons. The number of carbonyl (C=O) groups excluding carboxylic acids is 1. The van der Waals surface area contributed by atoms with Crippen LogP contribution in [0.4, 0.5) is 14.5 Å². The summed E-state index contributed by atoms with van der Waals surface area (Å²) < 4.78 is 37.8. The molecule has 0 fully saturated rings. The molecule has 0 unspecified atom stereocenters. The molecule has 0 aliphatic rings. The molecule has 1 aromatic heterocycles. The van der Waals surface area contributed by atoms with Crippen molar-refractivity contribution in [2.75, 3.05) is 11.9 Å². The number of rotatable bonds is 5. The number of oxazole rings is 1. The van der Waals surface area contributed by atoms with Gasteiger partial charge in [-0.2, -0.15) is 0 Å². The molecule has 1 heterocycles. The molecular weight excluding hydrogens is 414 g/mol. The summed E-state index contributed by atoms with van der Waals surface area (Å²) in [6.45, 7) is 2.42. The summed E-state index contributed by atoms with van der Waals surface area (Å²) in [6.07, 6.45) is 0. The van der Waals surface area contributed by atoms with Crippen molar-refractivity contribution in [2.45, 2.75) is 6.92 Å². The van der Waals surface area contributed by atoms with Crippen LogP contribution in [0.15, 0.2) is 59.0 Å². The highest BCUT2D eigenvalue weighted by Crippen LogP contribution is 2.32. The number of hydrogen-bond acceptors (Lipinski definition) is 4. The highest BCUT2D eigenvalue weighted by molar-refractivity contribution is 6.33. The highest BCUT2D eigenvalue weighted by Gasteiger charge is 2.16. The minimum absolute atomic E-state index is 0.0236. The van der Waals surface area contributed by atoms with Crippen molar-refractivity contribution in [1.29, 1.82) is 0 Å². The van der Waals surface area contributed by atoms with Crippen LogP contribution in [-0.4, -0.2) is 17.5 Å². The smallest absolute Gasteiger partial charge is 0.255 e. The lowest BCUT2D eigenvalue weighted by Crippen LogP contribution is -2.11. The van der Waals surface area contributed by atoms with Gasteiger partial charge in [0.25, 0.3) is 5.91 Å². The zero-order valence-corrected chi connectivity index (χ0v) is 16.5. The first-order chi connectivity index (χ1) is 14.4. The monoisotopic (exact) mass is 428 g/mol. The highest BCUT2D eigenvalue weighted by atomic mass is 35.5.